The van der Waals surface area contributed by atoms with Gasteiger partial charge in [0, 0.05) is 5.25 Å². The summed E-state index contributed by atoms with van der Waals surface area (Å²) in [5.74, 6) is 4.74. The maximum absolute atomic E-state index is 5.70. The molecule has 6 nitrogen and oxygen atoms in total. The second-order valence-corrected chi connectivity index (χ2v) is 11.7. The first-order chi connectivity index (χ1) is 17.0. The van der Waals surface area contributed by atoms with E-state index in [1.165, 1.54) is 17.5 Å². The largest absolute Gasteiger partial charge is 0.493 e. The average molecular weight is 558 g/mol. The van der Waals surface area contributed by atoms with Crippen molar-refractivity contribution in [1.29, 1.82) is 0 Å². The topological polar surface area (TPSA) is 58.2 Å². The van der Waals surface area contributed by atoms with Gasteiger partial charge in [0.05, 0.1) is 39.6 Å². The predicted octanol–water partition coefficient (Wildman–Crippen LogP) is 6.18. The van der Waals surface area contributed by atoms with Crippen molar-refractivity contribution in [2.75, 3.05) is 54.9 Å². The van der Waals surface area contributed by atoms with E-state index in [-0.39, 0.29) is 16.5 Å². The molecule has 2 aromatic carbocycles. The summed E-state index contributed by atoms with van der Waals surface area (Å²) in [7, 11) is 10.4. The van der Waals surface area contributed by atoms with E-state index < -0.39 is 0 Å². The predicted molar refractivity (Wildman–Crippen MR) is 155 cm³/mol. The molecule has 2 aromatic rings. The summed E-state index contributed by atoms with van der Waals surface area (Å²) in [6.45, 7) is 0.990. The van der Waals surface area contributed by atoms with Crippen molar-refractivity contribution in [2.45, 2.75) is 41.4 Å². The molecule has 3 rings (SSSR count). The molecule has 0 bridgehead atoms. The van der Waals surface area contributed by atoms with E-state index >= 15 is 0 Å². The minimum Gasteiger partial charge on any atom is -0.493 e. The van der Waals surface area contributed by atoms with Crippen LogP contribution in [0.3, 0.4) is 0 Å². The van der Waals surface area contributed by atoms with E-state index in [2.05, 4.69) is 41.3 Å². The zero-order chi connectivity index (χ0) is 25.3. The number of rotatable bonds is 13. The molecule has 2 atom stereocenters. The first-order valence-electron chi connectivity index (χ1n) is 12.0. The Morgan fingerprint density at radius 2 is 1.56 bits per heavy atom. The fourth-order valence-corrected chi connectivity index (χ4v) is 8.42. The van der Waals surface area contributed by atoms with Gasteiger partial charge in [-0.3, -0.25) is 0 Å². The fourth-order valence-electron chi connectivity index (χ4n) is 4.51. The first kappa shape index (κ1) is 30.6. The Morgan fingerprint density at radius 3 is 2.14 bits per heavy atom. The maximum atomic E-state index is 5.70. The average Bonchev–Trinajstić information content (AvgIpc) is 2.91. The van der Waals surface area contributed by atoms with E-state index in [1.807, 2.05) is 24.9 Å². The molecule has 0 amide bonds. The Hall–Kier alpha value is -1.61. The van der Waals surface area contributed by atoms with Crippen LogP contribution in [0.2, 0.25) is 0 Å². The molecule has 0 spiro atoms. The number of hydrogen-bond donors (Lipinski definition) is 1. The highest BCUT2D eigenvalue weighted by Crippen LogP contribution is 2.58. The highest BCUT2D eigenvalue weighted by atomic mass is 35.5. The van der Waals surface area contributed by atoms with E-state index in [9.17, 15) is 0 Å². The van der Waals surface area contributed by atoms with E-state index in [1.54, 1.807) is 35.5 Å². The Morgan fingerprint density at radius 1 is 0.889 bits per heavy atom. The first-order valence-corrected chi connectivity index (χ1v) is 13.9. The van der Waals surface area contributed by atoms with Gasteiger partial charge in [-0.05, 0) is 86.8 Å². The number of methoxy groups -OCH3 is 5. The van der Waals surface area contributed by atoms with E-state index in [4.69, 9.17) is 23.7 Å². The molecule has 1 saturated heterocycles. The second kappa shape index (κ2) is 15.0. The Balaban J connectivity index is 0.00000456. The van der Waals surface area contributed by atoms with Crippen LogP contribution in [-0.2, 0) is 10.5 Å². The Bertz CT molecular complexity index is 939. The highest BCUT2D eigenvalue weighted by Gasteiger charge is 2.40. The molecular formula is C27H40ClNO5S2. The third-order valence-electron chi connectivity index (χ3n) is 6.37. The lowest BCUT2D eigenvalue weighted by molar-refractivity contribution is 0.323. The summed E-state index contributed by atoms with van der Waals surface area (Å²) in [4.78, 5) is 0. The molecule has 1 aliphatic rings. The van der Waals surface area contributed by atoms with Gasteiger partial charge in [-0.1, -0.05) is 6.07 Å². The van der Waals surface area contributed by atoms with Crippen molar-refractivity contribution in [1.82, 2.24) is 5.32 Å². The summed E-state index contributed by atoms with van der Waals surface area (Å²) in [6, 6.07) is 10.5. The molecule has 2 unspecified atom stereocenters. The summed E-state index contributed by atoms with van der Waals surface area (Å²) >= 11 is 4.15. The van der Waals surface area contributed by atoms with Crippen LogP contribution in [-0.4, -0.2) is 60.1 Å². The molecule has 1 N–H and O–H groups in total. The van der Waals surface area contributed by atoms with Gasteiger partial charge in [0.25, 0.3) is 0 Å². The number of halogens is 1. The molecule has 36 heavy (non-hydrogen) atoms. The van der Waals surface area contributed by atoms with E-state index in [0.29, 0.717) is 22.5 Å². The van der Waals surface area contributed by atoms with E-state index in [0.717, 1.165) is 49.5 Å². The lowest BCUT2D eigenvalue weighted by Crippen LogP contribution is -2.29. The number of benzene rings is 2. The van der Waals surface area contributed by atoms with Crippen LogP contribution in [0.15, 0.2) is 30.3 Å². The van der Waals surface area contributed by atoms with Crippen molar-refractivity contribution in [3.63, 3.8) is 0 Å². The van der Waals surface area contributed by atoms with Gasteiger partial charge in [0.1, 0.15) is 0 Å². The molecule has 1 aliphatic heterocycles. The molecule has 1 heterocycles. The molecule has 0 aliphatic carbocycles. The third-order valence-corrected chi connectivity index (χ3v) is 9.99. The fraction of sp³-hybridized carbons (Fsp3) is 0.556. The Kier molecular flexibility index (Phi) is 12.7. The van der Waals surface area contributed by atoms with Crippen molar-refractivity contribution in [2.24, 2.45) is 0 Å². The SMILES string of the molecule is CNCCCC1(c2cc(OC)c(OC)c(OC)c2)SCCC(CCc2ccc(OC)c(OC)c2)S1.Cl. The maximum Gasteiger partial charge on any atom is 0.203 e. The van der Waals surface area contributed by atoms with Crippen molar-refractivity contribution >= 4 is 35.9 Å². The molecule has 1 fully saturated rings. The zero-order valence-corrected chi connectivity index (χ0v) is 24.6. The standard InChI is InChI=1S/C27H39NO5S2.ClH/c1-28-14-7-13-27(20-17-24(31-4)26(33-6)25(18-20)32-5)34-15-12-21(35-27)10-8-19-9-11-22(29-2)23(16-19)30-3;/h9,11,16-18,21,28H,7-8,10,12-15H2,1-6H3;1H. The lowest BCUT2D eigenvalue weighted by Gasteiger charge is -2.41. The van der Waals surface area contributed by atoms with Crippen LogP contribution < -0.4 is 29.0 Å². The van der Waals surface area contributed by atoms with Gasteiger partial charge in [-0.2, -0.15) is 0 Å². The smallest absolute Gasteiger partial charge is 0.203 e. The minimum atomic E-state index is -0.0653. The van der Waals surface area contributed by atoms with Crippen LogP contribution in [0.1, 0.15) is 36.8 Å². The molecule has 202 valence electrons. The summed E-state index contributed by atoms with van der Waals surface area (Å²) in [5, 5.41) is 3.86. The van der Waals surface area contributed by atoms with Crippen molar-refractivity contribution in [3.05, 3.63) is 41.5 Å². The van der Waals surface area contributed by atoms with Crippen LogP contribution in [0.4, 0.5) is 0 Å². The number of hydrogen-bond acceptors (Lipinski definition) is 8. The van der Waals surface area contributed by atoms with Gasteiger partial charge in [0.2, 0.25) is 5.75 Å². The van der Waals surface area contributed by atoms with Gasteiger partial charge in [0.15, 0.2) is 23.0 Å². The van der Waals surface area contributed by atoms with Crippen LogP contribution in [0.5, 0.6) is 28.7 Å². The summed E-state index contributed by atoms with van der Waals surface area (Å²) < 4.78 is 27.8. The van der Waals surface area contributed by atoms with Crippen LogP contribution in [0.25, 0.3) is 0 Å². The number of thioether (sulfide) groups is 2. The second-order valence-electron chi connectivity index (χ2n) is 8.48. The monoisotopic (exact) mass is 557 g/mol. The van der Waals surface area contributed by atoms with Crippen molar-refractivity contribution in [3.8, 4) is 28.7 Å². The number of nitrogens with one attached hydrogen (secondary N) is 1. The third kappa shape index (κ3) is 7.24. The van der Waals surface area contributed by atoms with Gasteiger partial charge < -0.3 is 29.0 Å². The molecule has 0 saturated carbocycles. The quantitative estimate of drug-likeness (QED) is 0.293. The highest BCUT2D eigenvalue weighted by molar-refractivity contribution is 8.18. The van der Waals surface area contributed by atoms with Gasteiger partial charge in [-0.15, -0.1) is 35.9 Å². The normalized spacial score (nSPS) is 19.2. The van der Waals surface area contributed by atoms with Crippen LogP contribution >= 0.6 is 35.9 Å². The van der Waals surface area contributed by atoms with Crippen LogP contribution in [0, 0.1) is 0 Å². The van der Waals surface area contributed by atoms with Gasteiger partial charge in [-0.25, -0.2) is 0 Å². The molecule has 0 aromatic heterocycles. The molecular weight excluding hydrogens is 518 g/mol. The number of ether oxygens (including phenoxy) is 5. The molecule has 0 radical (unpaired) electrons. The summed E-state index contributed by atoms with van der Waals surface area (Å²) in [5.41, 5.74) is 2.50. The molecule has 9 heteroatoms. The number of aryl methyl sites for hydroxylation is 1. The summed E-state index contributed by atoms with van der Waals surface area (Å²) in [6.07, 6.45) is 5.47. The lowest BCUT2D eigenvalue weighted by atomic mass is 10.0. The zero-order valence-electron chi connectivity index (χ0n) is 22.2. The van der Waals surface area contributed by atoms with Crippen molar-refractivity contribution < 1.29 is 23.7 Å². The van der Waals surface area contributed by atoms with Gasteiger partial charge >= 0.3 is 0 Å². The minimum absolute atomic E-state index is 0. The Labute approximate surface area is 230 Å².